The molecule has 5 aromatic carbocycles. The molecule has 1 heterocycles. The summed E-state index contributed by atoms with van der Waals surface area (Å²) in [7, 11) is 0. The lowest BCUT2D eigenvalue weighted by Crippen LogP contribution is -2.11. The van der Waals surface area contributed by atoms with E-state index in [2.05, 4.69) is 75.4 Å². The summed E-state index contributed by atoms with van der Waals surface area (Å²) in [5.74, 6) is 3.32. The molecular formula is C39H43N3O2S. The average molecular weight is 618 g/mol. The summed E-state index contributed by atoms with van der Waals surface area (Å²) in [4.78, 5) is 14.8. The van der Waals surface area contributed by atoms with E-state index in [-0.39, 0.29) is 5.75 Å². The van der Waals surface area contributed by atoms with Crippen LogP contribution in [0.25, 0.3) is 55.1 Å². The SMILES string of the molecule is CCCCCCSc1nc(-c2ccc(OCC(CC)CCCC)cc2O)nc(-c2ccc3ccc4cccc5ccc2c3c45)n1. The van der Waals surface area contributed by atoms with Crippen molar-refractivity contribution in [3.05, 3.63) is 72.8 Å². The quantitative estimate of drug-likeness (QED) is 0.0702. The molecule has 0 bridgehead atoms. The van der Waals surface area contributed by atoms with Crippen LogP contribution in [0.15, 0.2) is 78.0 Å². The lowest BCUT2D eigenvalue weighted by molar-refractivity contribution is 0.232. The summed E-state index contributed by atoms with van der Waals surface area (Å²) in [6, 6.07) is 25.0. The van der Waals surface area contributed by atoms with Crippen molar-refractivity contribution in [1.82, 2.24) is 15.0 Å². The number of unbranched alkanes of at least 4 members (excludes halogenated alkanes) is 4. The molecule has 1 unspecified atom stereocenters. The molecule has 0 aliphatic rings. The van der Waals surface area contributed by atoms with Gasteiger partial charge in [-0.25, -0.2) is 15.0 Å². The monoisotopic (exact) mass is 617 g/mol. The molecule has 1 atom stereocenters. The van der Waals surface area contributed by atoms with Gasteiger partial charge in [-0.2, -0.15) is 0 Å². The number of rotatable bonds is 15. The van der Waals surface area contributed by atoms with E-state index in [9.17, 15) is 5.11 Å². The van der Waals surface area contributed by atoms with Gasteiger partial charge >= 0.3 is 0 Å². The maximum atomic E-state index is 11.2. The van der Waals surface area contributed by atoms with Crippen molar-refractivity contribution in [1.29, 1.82) is 0 Å². The Labute approximate surface area is 270 Å². The Bertz CT molecular complexity index is 1870. The molecule has 1 N–H and O–H groups in total. The van der Waals surface area contributed by atoms with Gasteiger partial charge in [0.05, 0.1) is 12.2 Å². The summed E-state index contributed by atoms with van der Waals surface area (Å²) in [6.07, 6.45) is 9.39. The van der Waals surface area contributed by atoms with Crippen LogP contribution < -0.4 is 4.74 Å². The molecule has 0 spiro atoms. The van der Waals surface area contributed by atoms with Gasteiger partial charge < -0.3 is 9.84 Å². The topological polar surface area (TPSA) is 68.1 Å². The summed E-state index contributed by atoms with van der Waals surface area (Å²) in [5.41, 5.74) is 1.55. The van der Waals surface area contributed by atoms with Crippen LogP contribution in [-0.2, 0) is 0 Å². The maximum Gasteiger partial charge on any atom is 0.191 e. The van der Waals surface area contributed by atoms with Crippen molar-refractivity contribution in [3.8, 4) is 34.3 Å². The number of benzene rings is 5. The van der Waals surface area contributed by atoms with Crippen molar-refractivity contribution in [2.75, 3.05) is 12.4 Å². The van der Waals surface area contributed by atoms with E-state index < -0.39 is 0 Å². The second-order valence-electron chi connectivity index (χ2n) is 12.0. The molecule has 0 saturated carbocycles. The van der Waals surface area contributed by atoms with Gasteiger partial charge in [-0.05, 0) is 69.3 Å². The molecule has 0 aliphatic heterocycles. The fourth-order valence-corrected chi connectivity index (χ4v) is 7.02. The molecule has 1 aromatic heterocycles. The summed E-state index contributed by atoms with van der Waals surface area (Å²) >= 11 is 1.66. The summed E-state index contributed by atoms with van der Waals surface area (Å²) < 4.78 is 6.12. The van der Waals surface area contributed by atoms with Crippen LogP contribution in [0.2, 0.25) is 0 Å². The Morgan fingerprint density at radius 1 is 0.711 bits per heavy atom. The number of phenolic OH excluding ortho intramolecular Hbond substituents is 1. The van der Waals surface area contributed by atoms with Crippen LogP contribution in [0.4, 0.5) is 0 Å². The Hall–Kier alpha value is -3.90. The van der Waals surface area contributed by atoms with Crippen molar-refractivity contribution in [3.63, 3.8) is 0 Å². The first kappa shape index (κ1) is 31.1. The minimum Gasteiger partial charge on any atom is -0.507 e. The van der Waals surface area contributed by atoms with Crippen molar-refractivity contribution in [2.45, 2.75) is 77.3 Å². The molecule has 0 amide bonds. The first-order valence-corrected chi connectivity index (χ1v) is 17.6. The fraction of sp³-hybridized carbons (Fsp3) is 0.359. The maximum absolute atomic E-state index is 11.2. The highest BCUT2D eigenvalue weighted by Gasteiger charge is 2.18. The predicted octanol–water partition coefficient (Wildman–Crippen LogP) is 11.1. The predicted molar refractivity (Wildman–Crippen MR) is 190 cm³/mol. The smallest absolute Gasteiger partial charge is 0.191 e. The standard InChI is InChI=1S/C39H43N3O2S/c1-4-7-9-10-23-45-39-41-37(32-21-18-29-16-15-27-13-11-14-28-17-20-31(32)36(29)35(27)28)40-38(42-39)33-22-19-30(24-34(33)43)44-25-26(6-3)12-8-5-2/h11,13-22,24,26,43H,4-10,12,23,25H2,1-3H3. The number of aromatic hydroxyl groups is 1. The number of ether oxygens (including phenoxy) is 1. The second-order valence-corrected chi connectivity index (χ2v) is 13.1. The van der Waals surface area contributed by atoms with E-state index >= 15 is 0 Å². The molecule has 0 saturated heterocycles. The minimum atomic E-state index is 0.112. The number of thioether (sulfide) groups is 1. The molecule has 45 heavy (non-hydrogen) atoms. The number of hydrogen-bond donors (Lipinski definition) is 1. The largest absolute Gasteiger partial charge is 0.507 e. The molecule has 6 heteroatoms. The first-order chi connectivity index (χ1) is 22.1. The molecule has 232 valence electrons. The van der Waals surface area contributed by atoms with Crippen molar-refractivity contribution >= 4 is 44.1 Å². The van der Waals surface area contributed by atoms with Gasteiger partial charge in [-0.15, -0.1) is 0 Å². The second kappa shape index (κ2) is 14.5. The Kier molecular flexibility index (Phi) is 10.00. The highest BCUT2D eigenvalue weighted by molar-refractivity contribution is 7.99. The van der Waals surface area contributed by atoms with E-state index in [1.54, 1.807) is 17.8 Å². The van der Waals surface area contributed by atoms with E-state index in [0.717, 1.165) is 36.0 Å². The molecule has 6 rings (SSSR count). The lowest BCUT2D eigenvalue weighted by Gasteiger charge is -2.16. The van der Waals surface area contributed by atoms with Crippen LogP contribution in [0.3, 0.4) is 0 Å². The number of nitrogens with zero attached hydrogens (tertiary/aromatic N) is 3. The lowest BCUT2D eigenvalue weighted by atomic mass is 9.92. The van der Waals surface area contributed by atoms with Crippen LogP contribution >= 0.6 is 11.8 Å². The number of phenols is 1. The summed E-state index contributed by atoms with van der Waals surface area (Å²) in [6.45, 7) is 7.31. The molecule has 0 radical (unpaired) electrons. The number of hydrogen-bond acceptors (Lipinski definition) is 6. The zero-order valence-electron chi connectivity index (χ0n) is 26.7. The first-order valence-electron chi connectivity index (χ1n) is 16.6. The zero-order valence-corrected chi connectivity index (χ0v) is 27.5. The Morgan fingerprint density at radius 2 is 1.40 bits per heavy atom. The Morgan fingerprint density at radius 3 is 2.13 bits per heavy atom. The van der Waals surface area contributed by atoms with Crippen molar-refractivity contribution < 1.29 is 9.84 Å². The van der Waals surface area contributed by atoms with Gasteiger partial charge in [-0.1, -0.05) is 120 Å². The summed E-state index contributed by atoms with van der Waals surface area (Å²) in [5, 5.41) is 19.2. The molecule has 6 aromatic rings. The third kappa shape index (κ3) is 6.86. The van der Waals surface area contributed by atoms with Crippen molar-refractivity contribution in [2.24, 2.45) is 5.92 Å². The van der Waals surface area contributed by atoms with E-state index in [1.165, 1.54) is 59.0 Å². The normalized spacial score (nSPS) is 12.4. The zero-order chi connectivity index (χ0) is 31.2. The van der Waals surface area contributed by atoms with Crippen LogP contribution in [-0.4, -0.2) is 32.4 Å². The Balaban J connectivity index is 1.38. The molecular weight excluding hydrogens is 575 g/mol. The third-order valence-electron chi connectivity index (χ3n) is 8.85. The highest BCUT2D eigenvalue weighted by atomic mass is 32.2. The van der Waals surface area contributed by atoms with Gasteiger partial charge in [0.1, 0.15) is 11.5 Å². The molecule has 0 fully saturated rings. The van der Waals surface area contributed by atoms with Gasteiger partial charge in [-0.3, -0.25) is 0 Å². The fourth-order valence-electron chi connectivity index (χ4n) is 6.19. The highest BCUT2D eigenvalue weighted by Crippen LogP contribution is 2.39. The van der Waals surface area contributed by atoms with Gasteiger partial charge in [0.25, 0.3) is 0 Å². The average Bonchev–Trinajstić information content (AvgIpc) is 3.07. The van der Waals surface area contributed by atoms with Gasteiger partial charge in [0, 0.05) is 17.4 Å². The van der Waals surface area contributed by atoms with Gasteiger partial charge in [0.2, 0.25) is 0 Å². The number of aromatic nitrogens is 3. The van der Waals surface area contributed by atoms with Gasteiger partial charge in [0.15, 0.2) is 16.8 Å². The third-order valence-corrected chi connectivity index (χ3v) is 9.79. The van der Waals surface area contributed by atoms with Crippen LogP contribution in [0.1, 0.15) is 72.1 Å². The van der Waals surface area contributed by atoms with E-state index in [0.29, 0.717) is 40.6 Å². The van der Waals surface area contributed by atoms with E-state index in [1.807, 2.05) is 12.1 Å². The van der Waals surface area contributed by atoms with Crippen LogP contribution in [0.5, 0.6) is 11.5 Å². The molecule has 0 aliphatic carbocycles. The van der Waals surface area contributed by atoms with Crippen LogP contribution in [0, 0.1) is 5.92 Å². The molecule has 5 nitrogen and oxygen atoms in total. The minimum absolute atomic E-state index is 0.112. The van der Waals surface area contributed by atoms with E-state index in [4.69, 9.17) is 19.7 Å².